The quantitative estimate of drug-likeness (QED) is 0.615. The maximum atomic E-state index is 12.4. The van der Waals surface area contributed by atoms with E-state index in [1.807, 2.05) is 42.5 Å². The van der Waals surface area contributed by atoms with Crippen molar-refractivity contribution in [1.82, 2.24) is 0 Å². The molecule has 0 bridgehead atoms. The Morgan fingerprint density at radius 2 is 1.46 bits per heavy atom. The van der Waals surface area contributed by atoms with Crippen LogP contribution in [0.4, 0.5) is 5.69 Å². The van der Waals surface area contributed by atoms with E-state index in [4.69, 9.17) is 5.73 Å². The van der Waals surface area contributed by atoms with Gasteiger partial charge in [0.1, 0.15) is 0 Å². The fourth-order valence-corrected chi connectivity index (χ4v) is 2.82. The number of primary amides is 1. The average molecular weight is 374 g/mol. The molecule has 0 spiro atoms. The molecule has 0 aliphatic carbocycles. The lowest BCUT2D eigenvalue weighted by molar-refractivity contribution is 0.0692. The molecule has 140 valence electrons. The zero-order valence-electron chi connectivity index (χ0n) is 14.9. The molecular formula is C22H18N2O4. The van der Waals surface area contributed by atoms with Crippen molar-refractivity contribution in [2.45, 2.75) is 6.42 Å². The standard InChI is InChI=1S/C22H18N2O4/c23-20(25)18-11-8-16(13-19(18)22(27)28)21(26)24-17-9-6-15(7-10-17)12-14-4-2-1-3-5-14/h1-11,13H,12H2,(H2,23,25)(H,24,26)(H,27,28). The van der Waals surface area contributed by atoms with E-state index in [9.17, 15) is 19.5 Å². The van der Waals surface area contributed by atoms with Crippen LogP contribution in [0.1, 0.15) is 42.2 Å². The first-order valence-electron chi connectivity index (χ1n) is 8.55. The normalized spacial score (nSPS) is 10.3. The highest BCUT2D eigenvalue weighted by Gasteiger charge is 2.17. The Kier molecular flexibility index (Phi) is 5.50. The van der Waals surface area contributed by atoms with Gasteiger partial charge in [0.15, 0.2) is 0 Å². The van der Waals surface area contributed by atoms with Crippen molar-refractivity contribution in [3.63, 3.8) is 0 Å². The van der Waals surface area contributed by atoms with E-state index in [-0.39, 0.29) is 16.7 Å². The van der Waals surface area contributed by atoms with E-state index in [2.05, 4.69) is 5.32 Å². The van der Waals surface area contributed by atoms with Gasteiger partial charge in [-0.2, -0.15) is 0 Å². The maximum absolute atomic E-state index is 12.4. The van der Waals surface area contributed by atoms with Crippen LogP contribution in [-0.2, 0) is 6.42 Å². The predicted molar refractivity (Wildman–Crippen MR) is 106 cm³/mol. The van der Waals surface area contributed by atoms with Crippen molar-refractivity contribution in [2.24, 2.45) is 5.73 Å². The number of nitrogens with two attached hydrogens (primary N) is 1. The minimum Gasteiger partial charge on any atom is -0.478 e. The Morgan fingerprint density at radius 1 is 0.821 bits per heavy atom. The summed E-state index contributed by atoms with van der Waals surface area (Å²) < 4.78 is 0. The smallest absolute Gasteiger partial charge is 0.336 e. The summed E-state index contributed by atoms with van der Waals surface area (Å²) in [6.45, 7) is 0. The molecule has 28 heavy (non-hydrogen) atoms. The molecule has 0 aromatic heterocycles. The van der Waals surface area contributed by atoms with Gasteiger partial charge in [0, 0.05) is 11.3 Å². The Bertz CT molecular complexity index is 1030. The van der Waals surface area contributed by atoms with Crippen LogP contribution in [0.15, 0.2) is 72.8 Å². The minimum absolute atomic E-state index is 0.121. The molecule has 0 saturated heterocycles. The number of carbonyl (C=O) groups is 3. The number of carboxylic acid groups (broad SMARTS) is 1. The van der Waals surface area contributed by atoms with Crippen LogP contribution in [-0.4, -0.2) is 22.9 Å². The number of carboxylic acids is 1. The Balaban J connectivity index is 1.73. The third kappa shape index (κ3) is 4.42. The minimum atomic E-state index is -1.33. The number of benzene rings is 3. The molecule has 2 amide bonds. The SMILES string of the molecule is NC(=O)c1ccc(C(=O)Nc2ccc(Cc3ccccc3)cc2)cc1C(=O)O. The molecule has 3 aromatic carbocycles. The summed E-state index contributed by atoms with van der Waals surface area (Å²) in [4.78, 5) is 35.1. The molecule has 0 atom stereocenters. The fourth-order valence-electron chi connectivity index (χ4n) is 2.82. The molecule has 6 nitrogen and oxygen atoms in total. The van der Waals surface area contributed by atoms with E-state index in [1.165, 1.54) is 17.7 Å². The van der Waals surface area contributed by atoms with E-state index >= 15 is 0 Å². The third-order valence-electron chi connectivity index (χ3n) is 4.24. The summed E-state index contributed by atoms with van der Waals surface area (Å²) in [6, 6.07) is 21.2. The number of nitrogens with one attached hydrogen (secondary N) is 1. The molecule has 3 rings (SSSR count). The molecule has 0 unspecified atom stereocenters. The van der Waals surface area contributed by atoms with Crippen LogP contribution >= 0.6 is 0 Å². The van der Waals surface area contributed by atoms with Gasteiger partial charge >= 0.3 is 5.97 Å². The number of amides is 2. The van der Waals surface area contributed by atoms with Crippen molar-refractivity contribution in [2.75, 3.05) is 5.32 Å². The Hall–Kier alpha value is -3.93. The fraction of sp³-hybridized carbons (Fsp3) is 0.0455. The van der Waals surface area contributed by atoms with Gasteiger partial charge in [-0.1, -0.05) is 42.5 Å². The molecule has 0 heterocycles. The van der Waals surface area contributed by atoms with Gasteiger partial charge in [-0.25, -0.2) is 4.79 Å². The van der Waals surface area contributed by atoms with Crippen LogP contribution < -0.4 is 11.1 Å². The summed E-state index contributed by atoms with van der Waals surface area (Å²) in [6.07, 6.45) is 0.783. The van der Waals surface area contributed by atoms with Gasteiger partial charge in [-0.3, -0.25) is 9.59 Å². The lowest BCUT2D eigenvalue weighted by Crippen LogP contribution is -2.18. The van der Waals surface area contributed by atoms with Crippen molar-refractivity contribution >= 4 is 23.5 Å². The molecule has 0 radical (unpaired) electrons. The zero-order chi connectivity index (χ0) is 20.1. The first-order chi connectivity index (χ1) is 13.4. The number of rotatable bonds is 6. The number of aromatic carboxylic acids is 1. The molecule has 4 N–H and O–H groups in total. The average Bonchev–Trinajstić information content (AvgIpc) is 2.69. The Labute approximate surface area is 161 Å². The molecular weight excluding hydrogens is 356 g/mol. The lowest BCUT2D eigenvalue weighted by atomic mass is 10.0. The van der Waals surface area contributed by atoms with Crippen LogP contribution in [0.3, 0.4) is 0 Å². The van der Waals surface area contributed by atoms with Gasteiger partial charge in [0.25, 0.3) is 5.91 Å². The zero-order valence-corrected chi connectivity index (χ0v) is 14.9. The Morgan fingerprint density at radius 3 is 2.07 bits per heavy atom. The molecule has 0 aliphatic heterocycles. The van der Waals surface area contributed by atoms with Crippen LogP contribution in [0.2, 0.25) is 0 Å². The number of carbonyl (C=O) groups excluding carboxylic acids is 2. The highest BCUT2D eigenvalue weighted by molar-refractivity contribution is 6.09. The van der Waals surface area contributed by atoms with Crippen molar-refractivity contribution < 1.29 is 19.5 Å². The van der Waals surface area contributed by atoms with Crippen LogP contribution in [0.25, 0.3) is 0 Å². The van der Waals surface area contributed by atoms with Gasteiger partial charge in [0.2, 0.25) is 5.91 Å². The number of anilines is 1. The summed E-state index contributed by atoms with van der Waals surface area (Å²) in [5.74, 6) is -2.67. The van der Waals surface area contributed by atoms with E-state index in [0.717, 1.165) is 18.1 Å². The second kappa shape index (κ2) is 8.18. The first kappa shape index (κ1) is 18.8. The van der Waals surface area contributed by atoms with Crippen LogP contribution in [0, 0.1) is 0 Å². The largest absolute Gasteiger partial charge is 0.478 e. The van der Waals surface area contributed by atoms with E-state index in [1.54, 1.807) is 12.1 Å². The lowest BCUT2D eigenvalue weighted by Gasteiger charge is -2.09. The van der Waals surface area contributed by atoms with Crippen molar-refractivity contribution in [1.29, 1.82) is 0 Å². The number of hydrogen-bond acceptors (Lipinski definition) is 3. The van der Waals surface area contributed by atoms with E-state index in [0.29, 0.717) is 5.69 Å². The molecule has 0 aliphatic rings. The second-order valence-electron chi connectivity index (χ2n) is 6.24. The summed E-state index contributed by atoms with van der Waals surface area (Å²) in [7, 11) is 0. The molecule has 3 aromatic rings. The molecule has 6 heteroatoms. The summed E-state index contributed by atoms with van der Waals surface area (Å²) in [5.41, 5.74) is 7.71. The highest BCUT2D eigenvalue weighted by atomic mass is 16.4. The van der Waals surface area contributed by atoms with Gasteiger partial charge < -0.3 is 16.2 Å². The predicted octanol–water partition coefficient (Wildman–Crippen LogP) is 3.33. The van der Waals surface area contributed by atoms with Gasteiger partial charge in [-0.15, -0.1) is 0 Å². The third-order valence-corrected chi connectivity index (χ3v) is 4.24. The van der Waals surface area contributed by atoms with Gasteiger partial charge in [0.05, 0.1) is 11.1 Å². The molecule has 0 fully saturated rings. The van der Waals surface area contributed by atoms with Crippen LogP contribution in [0.5, 0.6) is 0 Å². The van der Waals surface area contributed by atoms with Crippen molar-refractivity contribution in [3.05, 3.63) is 101 Å². The summed E-state index contributed by atoms with van der Waals surface area (Å²) >= 11 is 0. The topological polar surface area (TPSA) is 109 Å². The van der Waals surface area contributed by atoms with E-state index < -0.39 is 17.8 Å². The monoisotopic (exact) mass is 374 g/mol. The summed E-state index contributed by atoms with van der Waals surface area (Å²) in [5, 5.41) is 11.9. The highest BCUT2D eigenvalue weighted by Crippen LogP contribution is 2.17. The number of hydrogen-bond donors (Lipinski definition) is 3. The van der Waals surface area contributed by atoms with Crippen molar-refractivity contribution in [3.8, 4) is 0 Å². The second-order valence-corrected chi connectivity index (χ2v) is 6.24. The first-order valence-corrected chi connectivity index (χ1v) is 8.55. The maximum Gasteiger partial charge on any atom is 0.336 e. The van der Waals surface area contributed by atoms with Gasteiger partial charge in [-0.05, 0) is 47.9 Å². The molecule has 0 saturated carbocycles.